The average Bonchev–Trinajstić information content (AvgIpc) is 2.82. The van der Waals surface area contributed by atoms with Crippen LogP contribution in [0.25, 0.3) is 0 Å². The molecule has 0 amide bonds. The first kappa shape index (κ1) is 12.6. The van der Waals surface area contributed by atoms with Gasteiger partial charge in [0.15, 0.2) is 0 Å². The number of likely N-dealkylation sites (tertiary alicyclic amines) is 1. The summed E-state index contributed by atoms with van der Waals surface area (Å²) in [6.45, 7) is 9.06. The second-order valence-electron chi connectivity index (χ2n) is 5.03. The molecule has 0 radical (unpaired) electrons. The Morgan fingerprint density at radius 1 is 1.18 bits per heavy atom. The zero-order valence-corrected chi connectivity index (χ0v) is 11.1. The number of benzene rings is 1. The summed E-state index contributed by atoms with van der Waals surface area (Å²) >= 11 is 0. The minimum absolute atomic E-state index is 0.485. The molecule has 0 spiro atoms. The monoisotopic (exact) mass is 232 g/mol. The number of nitrogens with zero attached hydrogens (tertiary/aromatic N) is 1. The molecule has 0 saturated carbocycles. The number of rotatable bonds is 5. The van der Waals surface area contributed by atoms with E-state index in [2.05, 4.69) is 48.3 Å². The van der Waals surface area contributed by atoms with Gasteiger partial charge in [-0.2, -0.15) is 0 Å². The summed E-state index contributed by atoms with van der Waals surface area (Å²) in [7, 11) is 0. The Hall–Kier alpha value is -0.860. The van der Waals surface area contributed by atoms with Gasteiger partial charge in [-0.1, -0.05) is 36.8 Å². The summed E-state index contributed by atoms with van der Waals surface area (Å²) in [6, 6.07) is 9.43. The molecule has 1 aliphatic rings. The maximum absolute atomic E-state index is 3.60. The van der Waals surface area contributed by atoms with Crippen LogP contribution in [0.5, 0.6) is 0 Å². The Labute approximate surface area is 105 Å². The lowest BCUT2D eigenvalue weighted by Gasteiger charge is -2.24. The molecule has 1 fully saturated rings. The van der Waals surface area contributed by atoms with Gasteiger partial charge in [-0.3, -0.25) is 0 Å². The van der Waals surface area contributed by atoms with E-state index < -0.39 is 0 Å². The largest absolute Gasteiger partial charge is 0.309 e. The van der Waals surface area contributed by atoms with Crippen LogP contribution < -0.4 is 5.32 Å². The highest BCUT2D eigenvalue weighted by molar-refractivity contribution is 5.24. The van der Waals surface area contributed by atoms with Gasteiger partial charge in [0.25, 0.3) is 0 Å². The van der Waals surface area contributed by atoms with Crippen molar-refractivity contribution < 1.29 is 0 Å². The molecule has 2 nitrogen and oxygen atoms in total. The minimum Gasteiger partial charge on any atom is -0.309 e. The lowest BCUT2D eigenvalue weighted by atomic mass is 10.0. The van der Waals surface area contributed by atoms with Gasteiger partial charge in [-0.15, -0.1) is 0 Å². The fourth-order valence-corrected chi connectivity index (χ4v) is 2.56. The van der Waals surface area contributed by atoms with Crippen molar-refractivity contribution in [3.8, 4) is 0 Å². The van der Waals surface area contributed by atoms with Crippen molar-refractivity contribution in [3.63, 3.8) is 0 Å². The zero-order valence-electron chi connectivity index (χ0n) is 11.1. The smallest absolute Gasteiger partial charge is 0.0449 e. The molecular formula is C15H24N2. The third-order valence-corrected chi connectivity index (χ3v) is 3.57. The summed E-state index contributed by atoms with van der Waals surface area (Å²) in [5.41, 5.74) is 2.76. The molecule has 2 rings (SSSR count). The summed E-state index contributed by atoms with van der Waals surface area (Å²) < 4.78 is 0. The fraction of sp³-hybridized carbons (Fsp3) is 0.600. The van der Waals surface area contributed by atoms with Crippen LogP contribution in [0.3, 0.4) is 0 Å². The van der Waals surface area contributed by atoms with Crippen LogP contribution in [0, 0.1) is 6.92 Å². The topological polar surface area (TPSA) is 15.3 Å². The molecule has 0 bridgehead atoms. The van der Waals surface area contributed by atoms with Crippen LogP contribution in [-0.2, 0) is 0 Å². The highest BCUT2D eigenvalue weighted by atomic mass is 15.2. The van der Waals surface area contributed by atoms with Gasteiger partial charge in [-0.25, -0.2) is 0 Å². The molecule has 0 aromatic heterocycles. The maximum Gasteiger partial charge on any atom is 0.0449 e. The first-order valence-corrected chi connectivity index (χ1v) is 6.82. The van der Waals surface area contributed by atoms with E-state index >= 15 is 0 Å². The van der Waals surface area contributed by atoms with Gasteiger partial charge in [0.1, 0.15) is 0 Å². The Balaban J connectivity index is 2.02. The highest BCUT2D eigenvalue weighted by Gasteiger charge is 2.17. The van der Waals surface area contributed by atoms with Crippen molar-refractivity contribution in [3.05, 3.63) is 35.4 Å². The van der Waals surface area contributed by atoms with E-state index in [4.69, 9.17) is 0 Å². The molecule has 1 atom stereocenters. The van der Waals surface area contributed by atoms with Crippen molar-refractivity contribution in [2.24, 2.45) is 0 Å². The van der Waals surface area contributed by atoms with Crippen LogP contribution in [0.1, 0.15) is 36.9 Å². The quantitative estimate of drug-likeness (QED) is 0.840. The third-order valence-electron chi connectivity index (χ3n) is 3.57. The van der Waals surface area contributed by atoms with E-state index in [1.165, 1.54) is 37.1 Å². The van der Waals surface area contributed by atoms with Crippen molar-refractivity contribution >= 4 is 0 Å². The van der Waals surface area contributed by atoms with E-state index in [0.29, 0.717) is 6.04 Å². The van der Waals surface area contributed by atoms with E-state index in [1.54, 1.807) is 0 Å². The molecule has 1 unspecified atom stereocenters. The molecule has 2 heteroatoms. The second-order valence-corrected chi connectivity index (χ2v) is 5.03. The fourth-order valence-electron chi connectivity index (χ4n) is 2.56. The molecule has 17 heavy (non-hydrogen) atoms. The first-order valence-electron chi connectivity index (χ1n) is 6.82. The third kappa shape index (κ3) is 3.55. The van der Waals surface area contributed by atoms with Gasteiger partial charge in [-0.05, 0) is 45.0 Å². The molecule has 1 heterocycles. The molecule has 1 saturated heterocycles. The number of likely N-dealkylation sites (N-methyl/N-ethyl adjacent to an activating group) is 1. The van der Waals surface area contributed by atoms with E-state index in [1.807, 2.05) is 0 Å². The van der Waals surface area contributed by atoms with Crippen LogP contribution in [0.4, 0.5) is 0 Å². The summed E-state index contributed by atoms with van der Waals surface area (Å²) in [5.74, 6) is 0. The number of nitrogens with one attached hydrogen (secondary N) is 1. The molecule has 1 aromatic rings. The van der Waals surface area contributed by atoms with Gasteiger partial charge in [0.2, 0.25) is 0 Å². The van der Waals surface area contributed by atoms with Crippen LogP contribution in [0.15, 0.2) is 24.3 Å². The van der Waals surface area contributed by atoms with Crippen molar-refractivity contribution in [1.29, 1.82) is 0 Å². The van der Waals surface area contributed by atoms with Gasteiger partial charge in [0, 0.05) is 12.6 Å². The first-order chi connectivity index (χ1) is 8.29. The van der Waals surface area contributed by atoms with E-state index in [0.717, 1.165) is 13.1 Å². The standard InChI is InChI=1S/C15H24N2/c1-3-16-15(12-17-10-4-5-11-17)14-8-6-13(2)7-9-14/h6-9,15-16H,3-5,10-12H2,1-2H3. The lowest BCUT2D eigenvalue weighted by molar-refractivity contribution is 0.294. The Morgan fingerprint density at radius 2 is 1.82 bits per heavy atom. The molecule has 1 aromatic carbocycles. The lowest BCUT2D eigenvalue weighted by Crippen LogP contribution is -2.33. The van der Waals surface area contributed by atoms with Crippen LogP contribution >= 0.6 is 0 Å². The normalized spacial score (nSPS) is 18.5. The predicted molar refractivity (Wildman–Crippen MR) is 73.3 cm³/mol. The average molecular weight is 232 g/mol. The summed E-state index contributed by atoms with van der Waals surface area (Å²) in [4.78, 5) is 2.58. The van der Waals surface area contributed by atoms with Crippen molar-refractivity contribution in [1.82, 2.24) is 10.2 Å². The number of hydrogen-bond acceptors (Lipinski definition) is 2. The van der Waals surface area contributed by atoms with E-state index in [-0.39, 0.29) is 0 Å². The molecular weight excluding hydrogens is 208 g/mol. The van der Waals surface area contributed by atoms with Crippen molar-refractivity contribution in [2.45, 2.75) is 32.7 Å². The Kier molecular flexibility index (Phi) is 4.57. The highest BCUT2D eigenvalue weighted by Crippen LogP contribution is 2.18. The minimum atomic E-state index is 0.485. The number of hydrogen-bond donors (Lipinski definition) is 1. The summed E-state index contributed by atoms with van der Waals surface area (Å²) in [6.07, 6.45) is 2.74. The van der Waals surface area contributed by atoms with Crippen molar-refractivity contribution in [2.75, 3.05) is 26.2 Å². The maximum atomic E-state index is 3.60. The molecule has 1 aliphatic heterocycles. The SMILES string of the molecule is CCNC(CN1CCCC1)c1ccc(C)cc1. The van der Waals surface area contributed by atoms with Crippen LogP contribution in [0.2, 0.25) is 0 Å². The zero-order chi connectivity index (χ0) is 12.1. The molecule has 1 N–H and O–H groups in total. The Bertz CT molecular complexity index is 325. The number of aryl methyl sites for hydroxylation is 1. The Morgan fingerprint density at radius 3 is 2.41 bits per heavy atom. The van der Waals surface area contributed by atoms with Gasteiger partial charge in [0.05, 0.1) is 0 Å². The van der Waals surface area contributed by atoms with Gasteiger partial charge >= 0.3 is 0 Å². The predicted octanol–water partition coefficient (Wildman–Crippen LogP) is 2.74. The molecule has 0 aliphatic carbocycles. The second kappa shape index (κ2) is 6.18. The van der Waals surface area contributed by atoms with Gasteiger partial charge < -0.3 is 10.2 Å². The molecule has 94 valence electrons. The van der Waals surface area contributed by atoms with E-state index in [9.17, 15) is 0 Å². The summed E-state index contributed by atoms with van der Waals surface area (Å²) in [5, 5.41) is 3.60. The van der Waals surface area contributed by atoms with Crippen LogP contribution in [-0.4, -0.2) is 31.1 Å².